The minimum Gasteiger partial charge on any atom is -0.480 e. The van der Waals surface area contributed by atoms with Gasteiger partial charge in [0.05, 0.1) is 5.56 Å². The monoisotopic (exact) mass is 317 g/mol. The Morgan fingerprint density at radius 1 is 1.38 bits per heavy atom. The fourth-order valence-corrected chi connectivity index (χ4v) is 2.39. The second-order valence-corrected chi connectivity index (χ2v) is 5.50. The lowest BCUT2D eigenvalue weighted by Gasteiger charge is -2.28. The third-order valence-corrected chi connectivity index (χ3v) is 4.02. The predicted molar refractivity (Wildman–Crippen MR) is 72.2 cm³/mol. The van der Waals surface area contributed by atoms with E-state index in [0.29, 0.717) is 6.42 Å². The Labute approximate surface area is 125 Å². The second-order valence-electron chi connectivity index (χ2n) is 5.12. The Bertz CT molecular complexity index is 576. The molecule has 21 heavy (non-hydrogen) atoms. The first-order valence-electron chi connectivity index (χ1n) is 6.57. The Hall–Kier alpha value is -1.69. The number of carbonyl (C=O) groups is 2. The number of hydrogen-bond donors (Lipinski definition) is 2. The number of amides is 1. The van der Waals surface area contributed by atoms with Crippen molar-refractivity contribution in [2.45, 2.75) is 31.7 Å². The van der Waals surface area contributed by atoms with Crippen LogP contribution < -0.4 is 5.32 Å². The fraction of sp³-hybridized carbons (Fsp3) is 0.429. The third kappa shape index (κ3) is 3.50. The van der Waals surface area contributed by atoms with Gasteiger partial charge >= 0.3 is 5.97 Å². The number of hydrogen-bond acceptors (Lipinski definition) is 2. The molecule has 7 heteroatoms. The molecule has 0 radical (unpaired) electrons. The van der Waals surface area contributed by atoms with E-state index in [0.717, 1.165) is 31.4 Å². The Kier molecular flexibility index (Phi) is 4.77. The molecule has 1 aliphatic carbocycles. The molecule has 4 nitrogen and oxygen atoms in total. The van der Waals surface area contributed by atoms with Crippen molar-refractivity contribution >= 4 is 23.5 Å². The van der Waals surface area contributed by atoms with Crippen LogP contribution in [0.25, 0.3) is 0 Å². The van der Waals surface area contributed by atoms with Crippen LogP contribution in [0.2, 0.25) is 5.02 Å². The summed E-state index contributed by atoms with van der Waals surface area (Å²) in [5, 5.41) is 10.6. The highest BCUT2D eigenvalue weighted by Crippen LogP contribution is 2.30. The zero-order valence-electron chi connectivity index (χ0n) is 11.0. The van der Waals surface area contributed by atoms with Crippen molar-refractivity contribution in [2.75, 3.05) is 0 Å². The molecule has 1 aromatic rings. The summed E-state index contributed by atoms with van der Waals surface area (Å²) in [4.78, 5) is 23.1. The molecule has 2 N–H and O–H groups in total. The van der Waals surface area contributed by atoms with Gasteiger partial charge in [-0.15, -0.1) is 0 Å². The van der Waals surface area contributed by atoms with Crippen LogP contribution in [0.15, 0.2) is 12.1 Å². The quantitative estimate of drug-likeness (QED) is 0.820. The molecule has 0 unspecified atom stereocenters. The van der Waals surface area contributed by atoms with E-state index < -0.39 is 40.1 Å². The molecule has 0 heterocycles. The van der Waals surface area contributed by atoms with Gasteiger partial charge < -0.3 is 10.4 Å². The molecule has 0 bridgehead atoms. The zero-order valence-corrected chi connectivity index (χ0v) is 11.8. The molecular weight excluding hydrogens is 304 g/mol. The summed E-state index contributed by atoms with van der Waals surface area (Å²) < 4.78 is 26.8. The van der Waals surface area contributed by atoms with Gasteiger partial charge in [-0.2, -0.15) is 0 Å². The van der Waals surface area contributed by atoms with Crippen molar-refractivity contribution in [3.63, 3.8) is 0 Å². The average molecular weight is 318 g/mol. The Morgan fingerprint density at radius 2 is 2.05 bits per heavy atom. The van der Waals surface area contributed by atoms with Gasteiger partial charge in [-0.3, -0.25) is 4.79 Å². The van der Waals surface area contributed by atoms with E-state index in [9.17, 15) is 18.4 Å². The number of nitrogens with one attached hydrogen (secondary N) is 1. The fourth-order valence-electron chi connectivity index (χ4n) is 2.22. The minimum absolute atomic E-state index is 0.257. The maximum Gasteiger partial charge on any atom is 0.326 e. The topological polar surface area (TPSA) is 66.4 Å². The molecule has 0 spiro atoms. The number of benzene rings is 1. The van der Waals surface area contributed by atoms with Crippen LogP contribution >= 0.6 is 11.6 Å². The second kappa shape index (κ2) is 6.39. The molecule has 1 atom stereocenters. The first kappa shape index (κ1) is 15.7. The van der Waals surface area contributed by atoms with Crippen molar-refractivity contribution < 1.29 is 23.5 Å². The van der Waals surface area contributed by atoms with Crippen molar-refractivity contribution in [1.82, 2.24) is 5.32 Å². The Balaban J connectivity index is 2.11. The van der Waals surface area contributed by atoms with E-state index in [1.54, 1.807) is 0 Å². The summed E-state index contributed by atoms with van der Waals surface area (Å²) in [5.74, 6) is -4.00. The summed E-state index contributed by atoms with van der Waals surface area (Å²) in [6.45, 7) is 0. The lowest BCUT2D eigenvalue weighted by Crippen LogP contribution is -2.43. The van der Waals surface area contributed by atoms with Gasteiger partial charge in [0.15, 0.2) is 5.82 Å². The molecular formula is C14H14ClF2NO3. The number of carboxylic acid groups (broad SMARTS) is 1. The number of carboxylic acids is 1. The lowest BCUT2D eigenvalue weighted by atomic mass is 9.81. The third-order valence-electron chi connectivity index (χ3n) is 3.68. The van der Waals surface area contributed by atoms with Gasteiger partial charge in [0.2, 0.25) is 0 Å². The molecule has 0 aromatic heterocycles. The molecule has 2 rings (SSSR count). The van der Waals surface area contributed by atoms with E-state index in [1.165, 1.54) is 0 Å². The minimum atomic E-state index is -1.19. The zero-order chi connectivity index (χ0) is 15.6. The SMILES string of the molecule is O=C(N[C@H](CC1CCC1)C(=O)O)c1ccc(F)c(Cl)c1F. The van der Waals surface area contributed by atoms with Crippen LogP contribution in [0, 0.1) is 17.6 Å². The van der Waals surface area contributed by atoms with Crippen molar-refractivity contribution in [3.8, 4) is 0 Å². The van der Waals surface area contributed by atoms with E-state index in [2.05, 4.69) is 5.32 Å². The summed E-state index contributed by atoms with van der Waals surface area (Å²) in [6.07, 6.45) is 3.21. The first-order chi connectivity index (χ1) is 9.90. The average Bonchev–Trinajstić information content (AvgIpc) is 2.38. The van der Waals surface area contributed by atoms with Crippen molar-refractivity contribution in [2.24, 2.45) is 5.92 Å². The standard InChI is InChI=1S/C14H14ClF2NO3/c15-11-9(16)5-4-8(12(11)17)13(19)18-10(14(20)21)6-7-2-1-3-7/h4-5,7,10H,1-3,6H2,(H,18,19)(H,20,21)/t10-/m1/s1. The van der Waals surface area contributed by atoms with Gasteiger partial charge in [-0.05, 0) is 24.5 Å². The van der Waals surface area contributed by atoms with Crippen molar-refractivity contribution in [1.29, 1.82) is 0 Å². The molecule has 1 fully saturated rings. The number of aliphatic carboxylic acids is 1. The first-order valence-corrected chi connectivity index (χ1v) is 6.95. The summed E-state index contributed by atoms with van der Waals surface area (Å²) in [7, 11) is 0. The van der Waals surface area contributed by atoms with E-state index in [1.807, 2.05) is 0 Å². The maximum atomic E-state index is 13.7. The van der Waals surface area contributed by atoms with Gasteiger partial charge in [0.25, 0.3) is 5.91 Å². The predicted octanol–water partition coefficient (Wildman–Crippen LogP) is 2.99. The molecule has 1 aliphatic rings. The van der Waals surface area contributed by atoms with Crippen molar-refractivity contribution in [3.05, 3.63) is 34.4 Å². The van der Waals surface area contributed by atoms with Gasteiger partial charge in [-0.25, -0.2) is 13.6 Å². The number of rotatable bonds is 5. The summed E-state index contributed by atoms with van der Waals surface area (Å²) in [6, 6.07) is 0.710. The van der Waals surface area contributed by atoms with Gasteiger partial charge in [0, 0.05) is 0 Å². The van der Waals surface area contributed by atoms with Crippen LogP contribution in [0.4, 0.5) is 8.78 Å². The van der Waals surface area contributed by atoms with Crippen LogP contribution in [0.3, 0.4) is 0 Å². The van der Waals surface area contributed by atoms with Crippen LogP contribution in [-0.4, -0.2) is 23.0 Å². The van der Waals surface area contributed by atoms with Crippen LogP contribution in [0.1, 0.15) is 36.0 Å². The number of halogens is 3. The molecule has 0 aliphatic heterocycles. The molecule has 1 saturated carbocycles. The highest BCUT2D eigenvalue weighted by molar-refractivity contribution is 6.31. The van der Waals surface area contributed by atoms with E-state index >= 15 is 0 Å². The smallest absolute Gasteiger partial charge is 0.326 e. The van der Waals surface area contributed by atoms with Crippen LogP contribution in [-0.2, 0) is 4.79 Å². The van der Waals surface area contributed by atoms with E-state index in [-0.39, 0.29) is 5.92 Å². The molecule has 0 saturated heterocycles. The molecule has 1 aromatic carbocycles. The largest absolute Gasteiger partial charge is 0.480 e. The molecule has 1 amide bonds. The van der Waals surface area contributed by atoms with Crippen LogP contribution in [0.5, 0.6) is 0 Å². The summed E-state index contributed by atoms with van der Waals surface area (Å²) in [5.41, 5.74) is -0.471. The summed E-state index contributed by atoms with van der Waals surface area (Å²) >= 11 is 5.40. The van der Waals surface area contributed by atoms with Gasteiger partial charge in [0.1, 0.15) is 16.9 Å². The maximum absolute atomic E-state index is 13.7. The van der Waals surface area contributed by atoms with Gasteiger partial charge in [-0.1, -0.05) is 30.9 Å². The van der Waals surface area contributed by atoms with E-state index in [4.69, 9.17) is 16.7 Å². The highest BCUT2D eigenvalue weighted by atomic mass is 35.5. The molecule has 114 valence electrons. The Morgan fingerprint density at radius 3 is 2.57 bits per heavy atom. The lowest BCUT2D eigenvalue weighted by molar-refractivity contribution is -0.139. The highest BCUT2D eigenvalue weighted by Gasteiger charge is 2.29. The number of carbonyl (C=O) groups excluding carboxylic acids is 1. The normalized spacial score (nSPS) is 16.1.